The first-order valence-electron chi connectivity index (χ1n) is 3.96. The van der Waals surface area contributed by atoms with E-state index in [1.165, 1.54) is 11.3 Å². The van der Waals surface area contributed by atoms with E-state index in [9.17, 15) is 4.79 Å². The molecule has 1 N–H and O–H groups in total. The first-order chi connectivity index (χ1) is 5.98. The number of thiazole rings is 1. The Morgan fingerprint density at radius 2 is 2.38 bits per heavy atom. The highest BCUT2D eigenvalue weighted by Crippen LogP contribution is 2.27. The van der Waals surface area contributed by atoms with Crippen LogP contribution in [-0.4, -0.2) is 16.1 Å². The standard InChI is InChI=1S/C9H12NO2S/c1-4-6-5-10-7(13-6)9(2,3)8(11)12/h5H,1,4H2,2-3H3,(H,11,12). The van der Waals surface area contributed by atoms with Gasteiger partial charge in [0, 0.05) is 11.1 Å². The van der Waals surface area contributed by atoms with Crippen molar-refractivity contribution in [2.45, 2.75) is 25.7 Å². The van der Waals surface area contributed by atoms with Gasteiger partial charge in [0.05, 0.1) is 0 Å². The highest BCUT2D eigenvalue weighted by atomic mass is 32.1. The molecule has 0 fully saturated rings. The largest absolute Gasteiger partial charge is 0.481 e. The maximum absolute atomic E-state index is 10.9. The van der Waals surface area contributed by atoms with E-state index in [-0.39, 0.29) is 0 Å². The molecule has 0 spiro atoms. The fourth-order valence-electron chi connectivity index (χ4n) is 0.804. The molecule has 3 nitrogen and oxygen atoms in total. The van der Waals surface area contributed by atoms with Crippen LogP contribution < -0.4 is 0 Å². The number of carboxylic acid groups (broad SMARTS) is 1. The van der Waals surface area contributed by atoms with Crippen molar-refractivity contribution in [2.75, 3.05) is 0 Å². The molecule has 0 aliphatic heterocycles. The Balaban J connectivity index is 3.00. The average molecular weight is 198 g/mol. The molecule has 1 radical (unpaired) electrons. The summed E-state index contributed by atoms with van der Waals surface area (Å²) in [6, 6.07) is 0. The third-order valence-corrected chi connectivity index (χ3v) is 3.25. The fraction of sp³-hybridized carbons (Fsp3) is 0.444. The number of aliphatic carboxylic acids is 1. The lowest BCUT2D eigenvalue weighted by atomic mass is 9.95. The van der Waals surface area contributed by atoms with Gasteiger partial charge in [-0.25, -0.2) is 4.98 Å². The average Bonchev–Trinajstić information content (AvgIpc) is 2.51. The molecule has 13 heavy (non-hydrogen) atoms. The van der Waals surface area contributed by atoms with Crippen LogP contribution in [0.15, 0.2) is 6.20 Å². The van der Waals surface area contributed by atoms with E-state index < -0.39 is 11.4 Å². The van der Waals surface area contributed by atoms with Crippen LogP contribution in [0.25, 0.3) is 0 Å². The van der Waals surface area contributed by atoms with Gasteiger partial charge in [0.2, 0.25) is 0 Å². The lowest BCUT2D eigenvalue weighted by Gasteiger charge is -2.14. The van der Waals surface area contributed by atoms with Gasteiger partial charge in [-0.15, -0.1) is 11.3 Å². The fourth-order valence-corrected chi connectivity index (χ4v) is 1.71. The molecule has 0 unspecified atom stereocenters. The van der Waals surface area contributed by atoms with Crippen molar-refractivity contribution >= 4 is 17.3 Å². The molecule has 0 aliphatic carbocycles. The Morgan fingerprint density at radius 1 is 1.77 bits per heavy atom. The molecule has 0 aliphatic rings. The minimum absolute atomic E-state index is 0.638. The van der Waals surface area contributed by atoms with Crippen molar-refractivity contribution in [3.05, 3.63) is 23.0 Å². The lowest BCUT2D eigenvalue weighted by molar-refractivity contribution is -0.142. The predicted octanol–water partition coefficient (Wildman–Crippen LogP) is 1.88. The van der Waals surface area contributed by atoms with Crippen molar-refractivity contribution in [1.29, 1.82) is 0 Å². The molecule has 0 bridgehead atoms. The van der Waals surface area contributed by atoms with E-state index in [0.29, 0.717) is 11.4 Å². The van der Waals surface area contributed by atoms with Crippen molar-refractivity contribution in [2.24, 2.45) is 0 Å². The molecule has 4 heteroatoms. The number of nitrogens with zero attached hydrogens (tertiary/aromatic N) is 1. The van der Waals surface area contributed by atoms with Gasteiger partial charge in [0.1, 0.15) is 10.4 Å². The van der Waals surface area contributed by atoms with Gasteiger partial charge in [-0.2, -0.15) is 0 Å². The van der Waals surface area contributed by atoms with Crippen LogP contribution in [0.5, 0.6) is 0 Å². The highest BCUT2D eigenvalue weighted by molar-refractivity contribution is 7.11. The third-order valence-electron chi connectivity index (χ3n) is 1.87. The van der Waals surface area contributed by atoms with Crippen molar-refractivity contribution < 1.29 is 9.90 Å². The topological polar surface area (TPSA) is 50.2 Å². The zero-order valence-electron chi connectivity index (χ0n) is 7.70. The van der Waals surface area contributed by atoms with E-state index in [0.717, 1.165) is 4.88 Å². The maximum Gasteiger partial charge on any atom is 0.316 e. The number of carbonyl (C=O) groups is 1. The van der Waals surface area contributed by atoms with Crippen LogP contribution in [0.3, 0.4) is 0 Å². The molecular weight excluding hydrogens is 186 g/mol. The molecule has 71 valence electrons. The molecule has 1 rings (SSSR count). The summed E-state index contributed by atoms with van der Waals surface area (Å²) in [4.78, 5) is 16.0. The second kappa shape index (κ2) is 3.46. The second-order valence-electron chi connectivity index (χ2n) is 3.31. The smallest absolute Gasteiger partial charge is 0.316 e. The van der Waals surface area contributed by atoms with Crippen molar-refractivity contribution in [1.82, 2.24) is 4.98 Å². The van der Waals surface area contributed by atoms with Gasteiger partial charge in [0.15, 0.2) is 0 Å². The van der Waals surface area contributed by atoms with Crippen molar-refractivity contribution in [3.63, 3.8) is 0 Å². The summed E-state index contributed by atoms with van der Waals surface area (Å²) in [5, 5.41) is 9.57. The van der Waals surface area contributed by atoms with Crippen LogP contribution in [0.1, 0.15) is 23.7 Å². The second-order valence-corrected chi connectivity index (χ2v) is 4.43. The molecule has 1 aromatic rings. The minimum atomic E-state index is -0.891. The van der Waals surface area contributed by atoms with Crippen LogP contribution in [0.2, 0.25) is 0 Å². The summed E-state index contributed by atoms with van der Waals surface area (Å²) in [6.07, 6.45) is 2.35. The van der Waals surface area contributed by atoms with Gasteiger partial charge >= 0.3 is 5.97 Å². The zero-order valence-corrected chi connectivity index (χ0v) is 8.52. The monoisotopic (exact) mass is 198 g/mol. The van der Waals surface area contributed by atoms with Crippen LogP contribution in [0, 0.1) is 6.92 Å². The first kappa shape index (κ1) is 10.2. The Morgan fingerprint density at radius 3 is 2.77 bits per heavy atom. The number of aromatic nitrogens is 1. The zero-order chi connectivity index (χ0) is 10.1. The molecule has 0 saturated heterocycles. The number of hydrogen-bond acceptors (Lipinski definition) is 3. The molecule has 0 atom stereocenters. The quantitative estimate of drug-likeness (QED) is 0.806. The lowest BCUT2D eigenvalue weighted by Crippen LogP contribution is -2.28. The maximum atomic E-state index is 10.9. The minimum Gasteiger partial charge on any atom is -0.481 e. The Labute approximate surface area is 81.4 Å². The Kier molecular flexibility index (Phi) is 2.71. The summed E-state index contributed by atoms with van der Waals surface area (Å²) in [5.74, 6) is -0.850. The van der Waals surface area contributed by atoms with E-state index in [2.05, 4.69) is 11.9 Å². The predicted molar refractivity (Wildman–Crippen MR) is 51.8 cm³/mol. The normalized spacial score (nSPS) is 11.6. The molecule has 0 amide bonds. The van der Waals surface area contributed by atoms with Gasteiger partial charge in [0.25, 0.3) is 0 Å². The number of carboxylic acids is 1. The highest BCUT2D eigenvalue weighted by Gasteiger charge is 2.32. The van der Waals surface area contributed by atoms with Crippen LogP contribution >= 0.6 is 11.3 Å². The molecular formula is C9H12NO2S. The van der Waals surface area contributed by atoms with Gasteiger partial charge in [-0.05, 0) is 27.2 Å². The van der Waals surface area contributed by atoms with Crippen molar-refractivity contribution in [3.8, 4) is 0 Å². The van der Waals surface area contributed by atoms with Gasteiger partial charge in [-0.1, -0.05) is 0 Å². The summed E-state index contributed by atoms with van der Waals surface area (Å²) in [6.45, 7) is 7.03. The summed E-state index contributed by atoms with van der Waals surface area (Å²) < 4.78 is 0. The number of hydrogen-bond donors (Lipinski definition) is 1. The molecule has 1 aromatic heterocycles. The summed E-state index contributed by atoms with van der Waals surface area (Å²) >= 11 is 1.41. The first-order valence-corrected chi connectivity index (χ1v) is 4.78. The van der Waals surface area contributed by atoms with E-state index in [4.69, 9.17) is 5.11 Å². The summed E-state index contributed by atoms with van der Waals surface area (Å²) in [5.41, 5.74) is -0.891. The van der Waals surface area contributed by atoms with E-state index >= 15 is 0 Å². The SMILES string of the molecule is [CH2]Cc1cnc(C(C)(C)C(=O)O)s1. The molecule has 0 saturated carbocycles. The van der Waals surface area contributed by atoms with Gasteiger partial charge < -0.3 is 5.11 Å². The van der Waals surface area contributed by atoms with Gasteiger partial charge in [-0.3, -0.25) is 4.79 Å². The van der Waals surface area contributed by atoms with Crippen LogP contribution in [-0.2, 0) is 16.6 Å². The molecule has 0 aromatic carbocycles. The van der Waals surface area contributed by atoms with E-state index in [1.54, 1.807) is 20.0 Å². The Hall–Kier alpha value is -0.900. The van der Waals surface area contributed by atoms with Crippen LogP contribution in [0.4, 0.5) is 0 Å². The number of rotatable bonds is 3. The third kappa shape index (κ3) is 1.88. The Bertz CT molecular complexity index is 317. The van der Waals surface area contributed by atoms with E-state index in [1.807, 2.05) is 0 Å². The summed E-state index contributed by atoms with van der Waals surface area (Å²) in [7, 11) is 0. The molecule has 1 heterocycles.